The lowest BCUT2D eigenvalue weighted by Gasteiger charge is -2.37. The molecule has 0 radical (unpaired) electrons. The van der Waals surface area contributed by atoms with E-state index in [2.05, 4.69) is 20.8 Å². The molecule has 0 aromatic heterocycles. The average Bonchev–Trinajstić information content (AvgIpc) is 2.88. The van der Waals surface area contributed by atoms with Crippen LogP contribution < -0.4 is 0 Å². The normalized spacial score (nSPS) is 24.3. The highest BCUT2D eigenvalue weighted by Gasteiger charge is 2.45. The van der Waals surface area contributed by atoms with Crippen molar-refractivity contribution < 1.29 is 9.59 Å². The van der Waals surface area contributed by atoms with E-state index in [1.54, 1.807) is 0 Å². The molecule has 2 heterocycles. The molecule has 4 nitrogen and oxygen atoms in total. The average molecular weight is 332 g/mol. The van der Waals surface area contributed by atoms with Crippen LogP contribution in [0, 0.1) is 11.3 Å². The van der Waals surface area contributed by atoms with Gasteiger partial charge < -0.3 is 9.80 Å². The highest BCUT2D eigenvalue weighted by molar-refractivity contribution is 5.89. The summed E-state index contributed by atoms with van der Waals surface area (Å²) in [7, 11) is 0. The van der Waals surface area contributed by atoms with E-state index >= 15 is 0 Å². The lowest BCUT2D eigenvalue weighted by Crippen LogP contribution is -2.49. The van der Waals surface area contributed by atoms with Gasteiger partial charge in [0.05, 0.1) is 12.0 Å². The fraction of sp³-hybridized carbons (Fsp3) is 0.700. The van der Waals surface area contributed by atoms with Crippen molar-refractivity contribution in [2.45, 2.75) is 78.8 Å². The Bertz CT molecular complexity index is 544. The molecule has 2 amide bonds. The minimum absolute atomic E-state index is 0.0855. The van der Waals surface area contributed by atoms with Crippen molar-refractivity contribution in [3.05, 3.63) is 24.6 Å². The highest BCUT2D eigenvalue weighted by Crippen LogP contribution is 2.38. The van der Waals surface area contributed by atoms with Crippen LogP contribution in [-0.4, -0.2) is 33.2 Å². The number of hydrogen-bond donors (Lipinski definition) is 0. The molecule has 2 atom stereocenters. The molecule has 4 heteroatoms. The Morgan fingerprint density at radius 2 is 1.71 bits per heavy atom. The Balaban J connectivity index is 2.29. The van der Waals surface area contributed by atoms with Crippen LogP contribution in [0.5, 0.6) is 0 Å². The third-order valence-electron chi connectivity index (χ3n) is 5.82. The summed E-state index contributed by atoms with van der Waals surface area (Å²) < 4.78 is 0. The Hall–Kier alpha value is -1.58. The van der Waals surface area contributed by atoms with Gasteiger partial charge in [-0.25, -0.2) is 0 Å². The van der Waals surface area contributed by atoms with E-state index in [0.717, 1.165) is 25.7 Å². The van der Waals surface area contributed by atoms with Crippen LogP contribution in [0.1, 0.15) is 67.2 Å². The molecule has 0 bridgehead atoms. The zero-order chi connectivity index (χ0) is 18.1. The largest absolute Gasteiger partial charge is 0.314 e. The second-order valence-electron chi connectivity index (χ2n) is 7.99. The Kier molecular flexibility index (Phi) is 5.26. The van der Waals surface area contributed by atoms with Crippen molar-refractivity contribution in [3.8, 4) is 0 Å². The molecule has 24 heavy (non-hydrogen) atoms. The molecular formula is C20H32N2O2. The molecule has 0 aromatic carbocycles. The molecule has 0 unspecified atom stereocenters. The molecule has 2 aliphatic heterocycles. The zero-order valence-electron chi connectivity index (χ0n) is 16.0. The fourth-order valence-electron chi connectivity index (χ4n) is 3.89. The predicted octanol–water partition coefficient (Wildman–Crippen LogP) is 4.09. The van der Waals surface area contributed by atoms with Crippen molar-refractivity contribution in [1.82, 2.24) is 9.80 Å². The molecule has 2 rings (SSSR count). The van der Waals surface area contributed by atoms with Gasteiger partial charge in [-0.2, -0.15) is 0 Å². The quantitative estimate of drug-likeness (QED) is 0.778. The SMILES string of the molecule is CCC(CC)(CC)C(=O)N1C=C[C@H]2C(=O)N(C(C)(C)C)C=CC[C@H]21. The van der Waals surface area contributed by atoms with E-state index in [0.29, 0.717) is 0 Å². The van der Waals surface area contributed by atoms with Gasteiger partial charge in [-0.15, -0.1) is 0 Å². The molecule has 2 aliphatic rings. The molecule has 0 aromatic rings. The molecule has 0 N–H and O–H groups in total. The van der Waals surface area contributed by atoms with Gasteiger partial charge in [0.15, 0.2) is 0 Å². The summed E-state index contributed by atoms with van der Waals surface area (Å²) in [6.07, 6.45) is 10.9. The van der Waals surface area contributed by atoms with Crippen LogP contribution in [0.4, 0.5) is 0 Å². The summed E-state index contributed by atoms with van der Waals surface area (Å²) in [5, 5.41) is 0. The van der Waals surface area contributed by atoms with Crippen LogP contribution in [0.2, 0.25) is 0 Å². The smallest absolute Gasteiger partial charge is 0.236 e. The van der Waals surface area contributed by atoms with E-state index in [4.69, 9.17) is 0 Å². The number of fused-ring (bicyclic) bond motifs is 1. The lowest BCUT2D eigenvalue weighted by atomic mass is 9.78. The first-order chi connectivity index (χ1) is 11.2. The van der Waals surface area contributed by atoms with Gasteiger partial charge in [-0.05, 0) is 46.5 Å². The van der Waals surface area contributed by atoms with Crippen LogP contribution in [0.3, 0.4) is 0 Å². The molecule has 0 fully saturated rings. The van der Waals surface area contributed by atoms with Gasteiger partial charge in [0.25, 0.3) is 0 Å². The molecule has 134 valence electrons. The number of rotatable bonds is 4. The Morgan fingerprint density at radius 1 is 1.12 bits per heavy atom. The summed E-state index contributed by atoms with van der Waals surface area (Å²) in [5.41, 5.74) is -0.574. The van der Waals surface area contributed by atoms with Crippen molar-refractivity contribution in [2.75, 3.05) is 0 Å². The van der Waals surface area contributed by atoms with Crippen molar-refractivity contribution >= 4 is 11.8 Å². The van der Waals surface area contributed by atoms with E-state index in [-0.39, 0.29) is 34.7 Å². The zero-order valence-corrected chi connectivity index (χ0v) is 16.0. The van der Waals surface area contributed by atoms with Gasteiger partial charge in [0, 0.05) is 23.4 Å². The van der Waals surface area contributed by atoms with Gasteiger partial charge in [0.2, 0.25) is 11.8 Å². The van der Waals surface area contributed by atoms with Crippen molar-refractivity contribution in [1.29, 1.82) is 0 Å². The fourth-order valence-corrected chi connectivity index (χ4v) is 3.89. The minimum Gasteiger partial charge on any atom is -0.314 e. The number of carbonyl (C=O) groups is 2. The van der Waals surface area contributed by atoms with E-state index in [9.17, 15) is 9.59 Å². The van der Waals surface area contributed by atoms with Crippen LogP contribution in [0.15, 0.2) is 24.6 Å². The monoisotopic (exact) mass is 332 g/mol. The summed E-state index contributed by atoms with van der Waals surface area (Å²) >= 11 is 0. The number of nitrogens with zero attached hydrogens (tertiary/aromatic N) is 2. The van der Waals surface area contributed by atoms with Gasteiger partial charge in [0.1, 0.15) is 0 Å². The molecule has 0 saturated carbocycles. The number of carbonyl (C=O) groups excluding carboxylic acids is 2. The minimum atomic E-state index is -0.317. The van der Waals surface area contributed by atoms with Crippen molar-refractivity contribution in [3.63, 3.8) is 0 Å². The third kappa shape index (κ3) is 3.03. The number of amides is 2. The van der Waals surface area contributed by atoms with Gasteiger partial charge in [-0.1, -0.05) is 32.9 Å². The summed E-state index contributed by atoms with van der Waals surface area (Å²) in [6, 6.07) is -0.0855. The van der Waals surface area contributed by atoms with Gasteiger partial charge in [-0.3, -0.25) is 9.59 Å². The molecule has 0 aliphatic carbocycles. The van der Waals surface area contributed by atoms with Gasteiger partial charge >= 0.3 is 0 Å². The second kappa shape index (κ2) is 6.73. The first-order valence-electron chi connectivity index (χ1n) is 9.22. The summed E-state index contributed by atoms with van der Waals surface area (Å²) in [4.78, 5) is 29.9. The standard InChI is InChI=1S/C20H32N2O2/c1-7-20(8-2,9-3)18(24)21-14-12-15-16(21)11-10-13-22(17(15)23)19(4,5)6/h10,12-16H,7-9,11H2,1-6H3/t15-,16-/m1/s1. The highest BCUT2D eigenvalue weighted by atomic mass is 16.2. The Morgan fingerprint density at radius 3 is 2.21 bits per heavy atom. The molecule has 0 saturated heterocycles. The molecule has 0 spiro atoms. The second-order valence-corrected chi connectivity index (χ2v) is 7.99. The van der Waals surface area contributed by atoms with Crippen LogP contribution in [-0.2, 0) is 9.59 Å². The van der Waals surface area contributed by atoms with Crippen molar-refractivity contribution in [2.24, 2.45) is 11.3 Å². The van der Waals surface area contributed by atoms with Crippen LogP contribution in [0.25, 0.3) is 0 Å². The first-order valence-corrected chi connectivity index (χ1v) is 9.22. The van der Waals surface area contributed by atoms with Crippen LogP contribution >= 0.6 is 0 Å². The predicted molar refractivity (Wildman–Crippen MR) is 96.9 cm³/mol. The van der Waals surface area contributed by atoms with E-state index in [1.807, 2.05) is 55.1 Å². The third-order valence-corrected chi connectivity index (χ3v) is 5.82. The first kappa shape index (κ1) is 18.8. The lowest BCUT2D eigenvalue weighted by molar-refractivity contribution is -0.144. The summed E-state index contributed by atoms with van der Waals surface area (Å²) in [6.45, 7) is 12.4. The maximum atomic E-state index is 13.2. The topological polar surface area (TPSA) is 40.6 Å². The maximum Gasteiger partial charge on any atom is 0.236 e. The summed E-state index contributed by atoms with van der Waals surface area (Å²) in [5.74, 6) is 0.0125. The molecular weight excluding hydrogens is 300 g/mol. The van der Waals surface area contributed by atoms with E-state index in [1.165, 1.54) is 0 Å². The maximum absolute atomic E-state index is 13.2. The Labute approximate surface area is 146 Å². The number of hydrogen-bond acceptors (Lipinski definition) is 2. The van der Waals surface area contributed by atoms with E-state index < -0.39 is 0 Å².